The minimum absolute atomic E-state index is 0. The molecule has 0 radical (unpaired) electrons. The van der Waals surface area contributed by atoms with Gasteiger partial charge in [-0.05, 0) is 0 Å². The third kappa shape index (κ3) is 2.67. The molecule has 0 aliphatic heterocycles. The molecular formula is C5H6KN. The van der Waals surface area contributed by atoms with E-state index in [-0.39, 0.29) is 51.4 Å². The number of nitrogens with zero attached hydrogens (tertiary/aromatic N) is 1. The summed E-state index contributed by atoms with van der Waals surface area (Å²) < 4.78 is 0. The fourth-order valence-corrected chi connectivity index (χ4v) is 0.386. The van der Waals surface area contributed by atoms with Crippen molar-refractivity contribution < 1.29 is 51.4 Å². The fourth-order valence-electron chi connectivity index (χ4n) is 0.386. The second kappa shape index (κ2) is 3.86. The summed E-state index contributed by atoms with van der Waals surface area (Å²) in [6.45, 7) is 1.97. The minimum Gasteiger partial charge on any atom is -0.668 e. The third-order valence-electron chi connectivity index (χ3n) is 0.702. The van der Waals surface area contributed by atoms with Crippen molar-refractivity contribution in [3.63, 3.8) is 0 Å². The summed E-state index contributed by atoms with van der Waals surface area (Å²) in [5.74, 6) is 0. The van der Waals surface area contributed by atoms with Gasteiger partial charge in [-0.2, -0.15) is 11.9 Å². The molecule has 0 aliphatic carbocycles. The molecule has 0 unspecified atom stereocenters. The van der Waals surface area contributed by atoms with Crippen molar-refractivity contribution in [1.29, 1.82) is 0 Å². The molecule has 0 saturated carbocycles. The Kier molecular flexibility index (Phi) is 4.37. The van der Waals surface area contributed by atoms with Crippen LogP contribution in [0.1, 0.15) is 5.69 Å². The molecule has 7 heavy (non-hydrogen) atoms. The predicted molar refractivity (Wildman–Crippen MR) is 24.5 cm³/mol. The zero-order valence-corrected chi connectivity index (χ0v) is 7.80. The van der Waals surface area contributed by atoms with Crippen molar-refractivity contribution in [2.24, 2.45) is 0 Å². The van der Waals surface area contributed by atoms with Gasteiger partial charge in [-0.3, -0.25) is 0 Å². The Balaban J connectivity index is 0.000000360. The van der Waals surface area contributed by atoms with Crippen LogP contribution in [0.4, 0.5) is 0 Å². The van der Waals surface area contributed by atoms with E-state index < -0.39 is 0 Å². The van der Waals surface area contributed by atoms with E-state index in [0.717, 1.165) is 5.69 Å². The van der Waals surface area contributed by atoms with Crippen molar-refractivity contribution in [3.8, 4) is 0 Å². The summed E-state index contributed by atoms with van der Waals surface area (Å²) in [7, 11) is 0. The second-order valence-electron chi connectivity index (χ2n) is 1.28. The molecule has 1 aromatic rings. The molecule has 0 aliphatic rings. The number of hydrogen-bond acceptors (Lipinski definition) is 0. The SMILES string of the molecule is Cc1ccc[n-]1.[K+]. The molecule has 1 nitrogen and oxygen atoms in total. The summed E-state index contributed by atoms with van der Waals surface area (Å²) in [5, 5.41) is 0. The summed E-state index contributed by atoms with van der Waals surface area (Å²) in [5.41, 5.74) is 1.09. The number of hydrogen-bond donors (Lipinski definition) is 0. The predicted octanol–water partition coefficient (Wildman–Crippen LogP) is -2.04. The fraction of sp³-hybridized carbons (Fsp3) is 0.200. The molecule has 0 amide bonds. The standard InChI is InChI=1S/C5H6N.K/c1-5-3-2-4-6-5;/h2-4H,1H3;/q-1;+1. The molecular weight excluding hydrogens is 113 g/mol. The van der Waals surface area contributed by atoms with Gasteiger partial charge in [0, 0.05) is 0 Å². The van der Waals surface area contributed by atoms with Crippen LogP contribution in [0.5, 0.6) is 0 Å². The van der Waals surface area contributed by atoms with Crippen LogP contribution < -0.4 is 56.4 Å². The van der Waals surface area contributed by atoms with E-state index in [0.29, 0.717) is 0 Å². The quantitative estimate of drug-likeness (QED) is 0.359. The van der Waals surface area contributed by atoms with E-state index in [2.05, 4.69) is 4.98 Å². The molecule has 0 saturated heterocycles. The van der Waals surface area contributed by atoms with Gasteiger partial charge in [0.1, 0.15) is 0 Å². The molecule has 1 rings (SSSR count). The molecule has 0 atom stereocenters. The number of aryl methyl sites for hydroxylation is 1. The van der Waals surface area contributed by atoms with Crippen LogP contribution in [0.15, 0.2) is 18.3 Å². The first-order chi connectivity index (χ1) is 2.89. The Morgan fingerprint density at radius 2 is 2.29 bits per heavy atom. The molecule has 0 fully saturated rings. The number of aromatic nitrogens is 1. The Morgan fingerprint density at radius 3 is 2.43 bits per heavy atom. The average Bonchev–Trinajstić information content (AvgIpc) is 1.86. The normalized spacial score (nSPS) is 7.57. The van der Waals surface area contributed by atoms with Gasteiger partial charge in [-0.25, -0.2) is 0 Å². The van der Waals surface area contributed by atoms with Crippen LogP contribution in [-0.4, -0.2) is 0 Å². The van der Waals surface area contributed by atoms with Gasteiger partial charge in [0.05, 0.1) is 0 Å². The minimum atomic E-state index is 0. The van der Waals surface area contributed by atoms with Gasteiger partial charge in [0.25, 0.3) is 0 Å². The van der Waals surface area contributed by atoms with Gasteiger partial charge in [-0.15, -0.1) is 0 Å². The van der Waals surface area contributed by atoms with Gasteiger partial charge < -0.3 is 4.98 Å². The molecule has 0 aromatic carbocycles. The Labute approximate surface area is 85.9 Å². The third-order valence-corrected chi connectivity index (χ3v) is 0.702. The smallest absolute Gasteiger partial charge is 0.668 e. The molecule has 0 N–H and O–H groups in total. The van der Waals surface area contributed by atoms with E-state index in [1.165, 1.54) is 0 Å². The maximum atomic E-state index is 3.92. The van der Waals surface area contributed by atoms with Crippen LogP contribution in [-0.2, 0) is 0 Å². The van der Waals surface area contributed by atoms with Crippen LogP contribution in [0.3, 0.4) is 0 Å². The summed E-state index contributed by atoms with van der Waals surface area (Å²) in [6, 6.07) is 3.90. The van der Waals surface area contributed by atoms with Gasteiger partial charge in [0.15, 0.2) is 0 Å². The first kappa shape index (κ1) is 7.92. The van der Waals surface area contributed by atoms with Crippen LogP contribution in [0.2, 0.25) is 0 Å². The van der Waals surface area contributed by atoms with Gasteiger partial charge in [0.2, 0.25) is 0 Å². The van der Waals surface area contributed by atoms with Gasteiger partial charge >= 0.3 is 51.4 Å². The van der Waals surface area contributed by atoms with E-state index in [1.807, 2.05) is 19.1 Å². The van der Waals surface area contributed by atoms with E-state index >= 15 is 0 Å². The molecule has 2 heteroatoms. The zero-order chi connectivity index (χ0) is 4.41. The average molecular weight is 119 g/mol. The molecule has 0 spiro atoms. The Bertz CT molecular complexity index is 112. The molecule has 1 heterocycles. The maximum absolute atomic E-state index is 3.92. The molecule has 0 bridgehead atoms. The van der Waals surface area contributed by atoms with E-state index in [9.17, 15) is 0 Å². The Hall–Kier alpha value is 0.916. The van der Waals surface area contributed by atoms with E-state index in [4.69, 9.17) is 0 Å². The summed E-state index contributed by atoms with van der Waals surface area (Å²) in [4.78, 5) is 3.92. The summed E-state index contributed by atoms with van der Waals surface area (Å²) in [6.07, 6.45) is 1.79. The zero-order valence-electron chi connectivity index (χ0n) is 4.68. The monoisotopic (exact) mass is 119 g/mol. The maximum Gasteiger partial charge on any atom is 1.00 e. The topological polar surface area (TPSA) is 14.1 Å². The summed E-state index contributed by atoms with van der Waals surface area (Å²) >= 11 is 0. The first-order valence-corrected chi connectivity index (χ1v) is 1.94. The molecule has 1 aromatic heterocycles. The van der Waals surface area contributed by atoms with Crippen molar-refractivity contribution in [1.82, 2.24) is 4.98 Å². The van der Waals surface area contributed by atoms with Crippen molar-refractivity contribution in [2.75, 3.05) is 0 Å². The first-order valence-electron chi connectivity index (χ1n) is 1.94. The largest absolute Gasteiger partial charge is 1.00 e. The van der Waals surface area contributed by atoms with Crippen LogP contribution >= 0.6 is 0 Å². The van der Waals surface area contributed by atoms with E-state index in [1.54, 1.807) is 6.20 Å². The van der Waals surface area contributed by atoms with Crippen molar-refractivity contribution in [2.45, 2.75) is 6.92 Å². The Morgan fingerprint density at radius 1 is 1.57 bits per heavy atom. The van der Waals surface area contributed by atoms with Crippen molar-refractivity contribution in [3.05, 3.63) is 24.0 Å². The van der Waals surface area contributed by atoms with Crippen molar-refractivity contribution >= 4 is 0 Å². The molecule has 32 valence electrons. The van der Waals surface area contributed by atoms with Gasteiger partial charge in [-0.1, -0.05) is 19.1 Å². The van der Waals surface area contributed by atoms with Crippen LogP contribution in [0.25, 0.3) is 0 Å². The van der Waals surface area contributed by atoms with Crippen LogP contribution in [0, 0.1) is 6.92 Å². The number of rotatable bonds is 0. The second-order valence-corrected chi connectivity index (χ2v) is 1.28.